The van der Waals surface area contributed by atoms with E-state index < -0.39 is 0 Å². The van der Waals surface area contributed by atoms with Crippen LogP contribution in [0.25, 0.3) is 16.7 Å². The summed E-state index contributed by atoms with van der Waals surface area (Å²) in [5.74, 6) is 0. The van der Waals surface area contributed by atoms with Gasteiger partial charge in [-0.2, -0.15) is 0 Å². The highest BCUT2D eigenvalue weighted by Crippen LogP contribution is 2.25. The highest BCUT2D eigenvalue weighted by molar-refractivity contribution is 7.71. The number of fused-ring (bicyclic) bond motifs is 1. The number of benzene rings is 2. The van der Waals surface area contributed by atoms with E-state index in [4.69, 9.17) is 12.2 Å². The molecule has 0 aliphatic rings. The van der Waals surface area contributed by atoms with E-state index in [2.05, 4.69) is 78.8 Å². The van der Waals surface area contributed by atoms with E-state index in [-0.39, 0.29) is 0 Å². The minimum atomic E-state index is 0.726. The number of nitrogens with zero attached hydrogens (tertiary/aromatic N) is 2. The fourth-order valence-electron chi connectivity index (χ4n) is 2.69. The highest BCUT2D eigenvalue weighted by Gasteiger charge is 2.09. The van der Waals surface area contributed by atoms with Crippen molar-refractivity contribution in [1.82, 2.24) is 9.55 Å². The van der Waals surface area contributed by atoms with E-state index in [1.807, 2.05) is 0 Å². The molecule has 3 rings (SSSR count). The lowest BCUT2D eigenvalue weighted by molar-refractivity contribution is 1.05. The Morgan fingerprint density at radius 2 is 1.81 bits per heavy atom. The fraction of sp³-hybridized carbons (Fsp3) is 0.235. The molecule has 3 aromatic rings. The maximum atomic E-state index is 5.51. The third-order valence-corrected chi connectivity index (χ3v) is 4.06. The van der Waals surface area contributed by atoms with E-state index in [0.29, 0.717) is 0 Å². The van der Waals surface area contributed by atoms with Crippen molar-refractivity contribution in [2.45, 2.75) is 13.8 Å². The van der Waals surface area contributed by atoms with Crippen molar-refractivity contribution in [2.75, 3.05) is 19.0 Å². The lowest BCUT2D eigenvalue weighted by Crippen LogP contribution is -2.11. The third-order valence-electron chi connectivity index (χ3n) is 3.77. The molecule has 0 saturated carbocycles. The fourth-order valence-corrected chi connectivity index (χ4v) is 3.00. The van der Waals surface area contributed by atoms with Gasteiger partial charge in [0.05, 0.1) is 16.7 Å². The van der Waals surface area contributed by atoms with Gasteiger partial charge in [-0.3, -0.25) is 4.57 Å². The SMILES string of the molecule is Cc1ccc2[nH]c(=S)n(-c3ccc(C)c(N(C)C)c3)c2c1. The molecule has 0 bridgehead atoms. The second kappa shape index (κ2) is 5.04. The van der Waals surface area contributed by atoms with Gasteiger partial charge in [-0.1, -0.05) is 12.1 Å². The summed E-state index contributed by atoms with van der Waals surface area (Å²) in [5.41, 5.74) is 6.96. The van der Waals surface area contributed by atoms with Crippen molar-refractivity contribution in [2.24, 2.45) is 0 Å². The van der Waals surface area contributed by atoms with Crippen LogP contribution in [0, 0.1) is 18.6 Å². The summed E-state index contributed by atoms with van der Waals surface area (Å²) < 4.78 is 2.83. The number of aryl methyl sites for hydroxylation is 2. The Labute approximate surface area is 129 Å². The number of imidazole rings is 1. The van der Waals surface area contributed by atoms with Crippen molar-refractivity contribution in [1.29, 1.82) is 0 Å². The van der Waals surface area contributed by atoms with E-state index in [1.165, 1.54) is 16.8 Å². The molecule has 2 aromatic carbocycles. The summed E-state index contributed by atoms with van der Waals surface area (Å²) in [6.45, 7) is 4.22. The molecule has 0 unspecified atom stereocenters. The van der Waals surface area contributed by atoms with Crippen LogP contribution in [0.3, 0.4) is 0 Å². The molecular formula is C17H19N3S. The summed E-state index contributed by atoms with van der Waals surface area (Å²) in [7, 11) is 4.12. The number of hydrogen-bond acceptors (Lipinski definition) is 2. The van der Waals surface area contributed by atoms with Gasteiger partial charge in [0.1, 0.15) is 0 Å². The van der Waals surface area contributed by atoms with Gasteiger partial charge in [0.15, 0.2) is 4.77 Å². The second-order valence-electron chi connectivity index (χ2n) is 5.65. The number of rotatable bonds is 2. The second-order valence-corrected chi connectivity index (χ2v) is 6.04. The quantitative estimate of drug-likeness (QED) is 0.710. The minimum absolute atomic E-state index is 0.726. The van der Waals surface area contributed by atoms with Crippen LogP contribution in [0.4, 0.5) is 5.69 Å². The number of H-pyrrole nitrogens is 1. The number of anilines is 1. The zero-order valence-electron chi connectivity index (χ0n) is 12.8. The molecule has 4 heteroatoms. The van der Waals surface area contributed by atoms with Crippen molar-refractivity contribution in [3.05, 3.63) is 52.3 Å². The standard InChI is InChI=1S/C17H19N3S/c1-11-5-8-14-16(9-11)20(17(21)18-14)13-7-6-12(2)15(10-13)19(3)4/h5-10H,1-4H3,(H,18,21). The topological polar surface area (TPSA) is 24.0 Å². The average molecular weight is 297 g/mol. The van der Waals surface area contributed by atoms with Gasteiger partial charge in [0, 0.05) is 19.8 Å². The van der Waals surface area contributed by atoms with Crippen LogP contribution < -0.4 is 4.90 Å². The summed E-state index contributed by atoms with van der Waals surface area (Å²) in [5, 5.41) is 0. The van der Waals surface area contributed by atoms with Crippen molar-refractivity contribution >= 4 is 28.9 Å². The molecule has 0 spiro atoms. The lowest BCUT2D eigenvalue weighted by atomic mass is 10.1. The van der Waals surface area contributed by atoms with E-state index in [0.717, 1.165) is 21.5 Å². The van der Waals surface area contributed by atoms with Crippen LogP contribution in [0.1, 0.15) is 11.1 Å². The monoisotopic (exact) mass is 297 g/mol. The van der Waals surface area contributed by atoms with Gasteiger partial charge in [-0.25, -0.2) is 0 Å². The molecule has 0 radical (unpaired) electrons. The molecule has 0 aliphatic heterocycles. The molecule has 0 amide bonds. The molecule has 1 heterocycles. The van der Waals surface area contributed by atoms with Gasteiger partial charge >= 0.3 is 0 Å². The van der Waals surface area contributed by atoms with Crippen LogP contribution >= 0.6 is 12.2 Å². The van der Waals surface area contributed by atoms with Gasteiger partial charge < -0.3 is 9.88 Å². The normalized spacial score (nSPS) is 11.0. The minimum Gasteiger partial charge on any atom is -0.377 e. The largest absolute Gasteiger partial charge is 0.377 e. The van der Waals surface area contributed by atoms with Crippen LogP contribution in [0.5, 0.6) is 0 Å². The first-order valence-corrected chi connectivity index (χ1v) is 7.38. The zero-order valence-corrected chi connectivity index (χ0v) is 13.6. The molecule has 3 nitrogen and oxygen atoms in total. The van der Waals surface area contributed by atoms with Crippen molar-refractivity contribution < 1.29 is 0 Å². The molecule has 0 atom stereocenters. The van der Waals surface area contributed by atoms with Crippen LogP contribution in [-0.2, 0) is 0 Å². The molecule has 1 N–H and O–H groups in total. The summed E-state index contributed by atoms with van der Waals surface area (Å²) in [4.78, 5) is 5.41. The number of nitrogens with one attached hydrogen (secondary N) is 1. The van der Waals surface area contributed by atoms with Gasteiger partial charge in [0.25, 0.3) is 0 Å². The van der Waals surface area contributed by atoms with E-state index in [9.17, 15) is 0 Å². The van der Waals surface area contributed by atoms with Crippen molar-refractivity contribution in [3.63, 3.8) is 0 Å². The zero-order chi connectivity index (χ0) is 15.1. The first kappa shape index (κ1) is 13.9. The van der Waals surface area contributed by atoms with Gasteiger partial charge in [-0.15, -0.1) is 0 Å². The number of aromatic amines is 1. The van der Waals surface area contributed by atoms with E-state index >= 15 is 0 Å². The third kappa shape index (κ3) is 2.36. The molecule has 0 fully saturated rings. The van der Waals surface area contributed by atoms with Crippen LogP contribution in [0.15, 0.2) is 36.4 Å². The summed E-state index contributed by atoms with van der Waals surface area (Å²) >= 11 is 5.51. The number of aromatic nitrogens is 2. The Morgan fingerprint density at radius 1 is 1.05 bits per heavy atom. The first-order valence-electron chi connectivity index (χ1n) is 6.97. The predicted octanol–water partition coefficient (Wildman–Crippen LogP) is 4.37. The Kier molecular flexibility index (Phi) is 3.33. The van der Waals surface area contributed by atoms with Crippen molar-refractivity contribution in [3.8, 4) is 5.69 Å². The van der Waals surface area contributed by atoms with Gasteiger partial charge in [0.2, 0.25) is 0 Å². The Bertz CT molecular complexity index is 871. The van der Waals surface area contributed by atoms with Crippen LogP contribution in [0.2, 0.25) is 0 Å². The highest BCUT2D eigenvalue weighted by atomic mass is 32.1. The predicted molar refractivity (Wildman–Crippen MR) is 92.3 cm³/mol. The molecular weight excluding hydrogens is 278 g/mol. The summed E-state index contributed by atoms with van der Waals surface area (Å²) in [6.07, 6.45) is 0. The number of hydrogen-bond donors (Lipinski definition) is 1. The molecule has 0 saturated heterocycles. The Hall–Kier alpha value is -2.07. The Balaban J connectivity index is 2.30. The molecule has 108 valence electrons. The Morgan fingerprint density at radius 3 is 2.52 bits per heavy atom. The molecule has 0 aliphatic carbocycles. The maximum absolute atomic E-state index is 5.51. The van der Waals surface area contributed by atoms with E-state index in [1.54, 1.807) is 0 Å². The average Bonchev–Trinajstić information content (AvgIpc) is 2.74. The first-order chi connectivity index (χ1) is 9.97. The van der Waals surface area contributed by atoms with Gasteiger partial charge in [-0.05, 0) is 61.5 Å². The summed E-state index contributed by atoms with van der Waals surface area (Å²) in [6, 6.07) is 12.8. The molecule has 21 heavy (non-hydrogen) atoms. The maximum Gasteiger partial charge on any atom is 0.182 e. The lowest BCUT2D eigenvalue weighted by Gasteiger charge is -2.17. The molecule has 1 aromatic heterocycles. The van der Waals surface area contributed by atoms with Crippen LogP contribution in [-0.4, -0.2) is 23.6 Å². The smallest absolute Gasteiger partial charge is 0.182 e.